The van der Waals surface area contributed by atoms with E-state index in [2.05, 4.69) is 21.3 Å². The van der Waals surface area contributed by atoms with Crippen molar-refractivity contribution in [3.8, 4) is 0 Å². The molecule has 2 aromatic rings. The van der Waals surface area contributed by atoms with Crippen LogP contribution in [0.2, 0.25) is 0 Å². The van der Waals surface area contributed by atoms with Crippen molar-refractivity contribution in [3.63, 3.8) is 0 Å². The van der Waals surface area contributed by atoms with E-state index in [0.29, 0.717) is 0 Å². The van der Waals surface area contributed by atoms with Gasteiger partial charge in [-0.1, -0.05) is 0 Å². The lowest BCUT2D eigenvalue weighted by Gasteiger charge is -2.24. The molecule has 0 spiro atoms. The fourth-order valence-electron chi connectivity index (χ4n) is 4.65. The number of aliphatic hydroxyl groups is 6. The molecule has 2 aromatic carbocycles. The summed E-state index contributed by atoms with van der Waals surface area (Å²) in [7, 11) is 2.76. The van der Waals surface area contributed by atoms with E-state index in [1.807, 2.05) is 136 Å². The quantitative estimate of drug-likeness (QED) is 0.0726. The number of benzene rings is 2. The van der Waals surface area contributed by atoms with Crippen LogP contribution in [0, 0.1) is 21.4 Å². The first kappa shape index (κ1) is 50.5. The Kier molecular flexibility index (Phi) is 21.9. The lowest BCUT2D eigenvalue weighted by molar-refractivity contribution is -0.123. The first-order valence-electron chi connectivity index (χ1n) is 15.7. The smallest absolute Gasteiger partial charge is 0.255 e. The molecule has 18 nitrogen and oxygen atoms in total. The van der Waals surface area contributed by atoms with Crippen molar-refractivity contribution in [1.29, 1.82) is 0 Å². The molecule has 0 saturated heterocycles. The fourth-order valence-corrected chi connectivity index (χ4v) is 13.4. The van der Waals surface area contributed by atoms with Crippen molar-refractivity contribution < 1.29 is 59.4 Å². The van der Waals surface area contributed by atoms with Crippen LogP contribution in [0.3, 0.4) is 0 Å². The second kappa shape index (κ2) is 23.9. The number of anilines is 2. The van der Waals surface area contributed by atoms with Gasteiger partial charge in [-0.25, -0.2) is 0 Å². The van der Waals surface area contributed by atoms with E-state index < -0.39 is 67.3 Å². The summed E-state index contributed by atoms with van der Waals surface area (Å²) >= 11 is 10.9. The Morgan fingerprint density at radius 3 is 1.15 bits per heavy atom. The molecule has 24 heteroatoms. The van der Waals surface area contributed by atoms with Gasteiger partial charge in [0, 0.05) is 47.4 Å². The van der Waals surface area contributed by atoms with Gasteiger partial charge < -0.3 is 61.7 Å². The van der Waals surface area contributed by atoms with Crippen LogP contribution in [0.1, 0.15) is 47.9 Å². The number of nitrogens with zero attached hydrogens (tertiary/aromatic N) is 2. The molecular formula is C31H36I6N6O12. The summed E-state index contributed by atoms with van der Waals surface area (Å²) in [5, 5.41) is 67.3. The topological polar surface area (TPSA) is 278 Å². The van der Waals surface area contributed by atoms with E-state index in [1.54, 1.807) is 0 Å². The van der Waals surface area contributed by atoms with Gasteiger partial charge in [-0.2, -0.15) is 0 Å². The molecule has 0 saturated carbocycles. The van der Waals surface area contributed by atoms with Crippen molar-refractivity contribution in [3.05, 3.63) is 43.7 Å². The zero-order chi connectivity index (χ0) is 41.9. The number of carbonyl (C=O) groups is 6. The first-order valence-corrected chi connectivity index (χ1v) is 22.1. The minimum absolute atomic E-state index is 0.00190. The van der Waals surface area contributed by atoms with Gasteiger partial charge in [-0.05, 0) is 136 Å². The highest BCUT2D eigenvalue weighted by atomic mass is 127. The van der Waals surface area contributed by atoms with Gasteiger partial charge >= 0.3 is 0 Å². The number of halogens is 6. The summed E-state index contributed by atoms with van der Waals surface area (Å²) < 4.78 is 1.24. The number of aliphatic hydroxyl groups excluding tert-OH is 6. The Balaban J connectivity index is 2.62. The van der Waals surface area contributed by atoms with Crippen molar-refractivity contribution >= 4 is 182 Å². The first-order chi connectivity index (χ1) is 25.8. The molecule has 0 aliphatic rings. The van der Waals surface area contributed by atoms with Crippen LogP contribution in [-0.4, -0.2) is 155 Å². The monoisotopic (exact) mass is 1450 g/mol. The number of hydrogen-bond acceptors (Lipinski definition) is 12. The molecule has 0 aliphatic heterocycles. The molecule has 2 unspecified atom stereocenters. The van der Waals surface area contributed by atoms with Gasteiger partial charge in [0.25, 0.3) is 23.6 Å². The average molecular weight is 1450 g/mol. The number of carbonyl (C=O) groups excluding carboxylic acids is 6. The normalized spacial score (nSPS) is 12.0. The Morgan fingerprint density at radius 1 is 0.545 bits per heavy atom. The number of amides is 6. The Bertz CT molecular complexity index is 1690. The zero-order valence-corrected chi connectivity index (χ0v) is 41.8. The maximum atomic E-state index is 13.6. The predicted molar refractivity (Wildman–Crippen MR) is 250 cm³/mol. The molecule has 0 aliphatic carbocycles. The molecular weight excluding hydrogens is 1410 g/mol. The van der Waals surface area contributed by atoms with Gasteiger partial charge in [-0.3, -0.25) is 28.8 Å². The van der Waals surface area contributed by atoms with Crippen molar-refractivity contribution in [2.75, 3.05) is 77.3 Å². The van der Waals surface area contributed by atoms with E-state index in [4.69, 9.17) is 0 Å². The Morgan fingerprint density at radius 2 is 0.855 bits per heavy atom. The SMILES string of the molecule is CN(CC(O)CO)C(=O)c1c(I)c(NC(=O)CC(=O)Nc2c(I)c(C(=O)NCCO)c(I)c(C(=O)N(C)CC(O)CO)c2I)c(I)c(C(=O)NCCO)c1I. The standard InChI is InChI=1S/C31H36I6N6O12/c1-42(8-12(48)10-46)30(54)18-20(32)16(28(52)38-3-5-44)22(34)26(24(18)36)40-14(50)7-15(51)41-27-23(35)17(29(53)39-4-6-45)21(33)19(25(27)37)31(55)43(2)9-13(49)11-47/h12-13,44-49H,3-11H2,1-2H3,(H,38,52)(H,39,53)(H,40,50)(H,41,51). The maximum Gasteiger partial charge on any atom is 0.255 e. The molecule has 0 bridgehead atoms. The lowest BCUT2D eigenvalue weighted by Crippen LogP contribution is -2.37. The Labute approximate surface area is 396 Å². The summed E-state index contributed by atoms with van der Waals surface area (Å²) in [6, 6.07) is 0. The van der Waals surface area contributed by atoms with Gasteiger partial charge in [0.05, 0.1) is 86.5 Å². The van der Waals surface area contributed by atoms with Gasteiger partial charge in [0.1, 0.15) is 6.42 Å². The van der Waals surface area contributed by atoms with E-state index in [1.165, 1.54) is 14.1 Å². The number of hydrogen-bond donors (Lipinski definition) is 10. The van der Waals surface area contributed by atoms with Crippen molar-refractivity contribution in [1.82, 2.24) is 20.4 Å². The van der Waals surface area contributed by atoms with Gasteiger partial charge in [0.2, 0.25) is 11.8 Å². The van der Waals surface area contributed by atoms with E-state index in [-0.39, 0.29) is 94.4 Å². The van der Waals surface area contributed by atoms with Crippen LogP contribution in [-0.2, 0) is 9.59 Å². The average Bonchev–Trinajstić information content (AvgIpc) is 3.12. The molecule has 55 heavy (non-hydrogen) atoms. The highest BCUT2D eigenvalue weighted by Gasteiger charge is 2.33. The van der Waals surface area contributed by atoms with Crippen LogP contribution in [0.25, 0.3) is 0 Å². The molecule has 10 N–H and O–H groups in total. The summed E-state index contributed by atoms with van der Waals surface area (Å²) in [6.07, 6.45) is -3.32. The third-order valence-corrected chi connectivity index (χ3v) is 13.7. The second-order valence-corrected chi connectivity index (χ2v) is 17.9. The largest absolute Gasteiger partial charge is 0.395 e. The third-order valence-electron chi connectivity index (χ3n) is 7.24. The molecule has 0 aromatic heterocycles. The number of likely N-dealkylation sites (N-methyl/N-ethyl adjacent to an activating group) is 2. The molecule has 0 radical (unpaired) electrons. The highest BCUT2D eigenvalue weighted by molar-refractivity contribution is 14.1. The summed E-state index contributed by atoms with van der Waals surface area (Å²) in [6.45, 7) is -2.70. The molecule has 0 fully saturated rings. The fraction of sp³-hybridized carbons (Fsp3) is 0.419. The molecule has 2 atom stereocenters. The minimum atomic E-state index is -1.25. The van der Waals surface area contributed by atoms with E-state index >= 15 is 0 Å². The second-order valence-electron chi connectivity index (χ2n) is 11.4. The zero-order valence-electron chi connectivity index (χ0n) is 28.8. The maximum absolute atomic E-state index is 13.6. The van der Waals surface area contributed by atoms with Crippen LogP contribution in [0.4, 0.5) is 11.4 Å². The van der Waals surface area contributed by atoms with Crippen LogP contribution >= 0.6 is 136 Å². The number of rotatable bonds is 18. The number of nitrogens with one attached hydrogen (secondary N) is 4. The van der Waals surface area contributed by atoms with Gasteiger partial charge in [0.15, 0.2) is 0 Å². The van der Waals surface area contributed by atoms with Crippen LogP contribution < -0.4 is 21.3 Å². The van der Waals surface area contributed by atoms with Crippen molar-refractivity contribution in [2.24, 2.45) is 0 Å². The summed E-state index contributed by atoms with van der Waals surface area (Å²) in [5.74, 6) is -4.36. The van der Waals surface area contributed by atoms with Crippen molar-refractivity contribution in [2.45, 2.75) is 18.6 Å². The third kappa shape index (κ3) is 13.2. The summed E-state index contributed by atoms with van der Waals surface area (Å²) in [4.78, 5) is 83.1. The van der Waals surface area contributed by atoms with Crippen LogP contribution in [0.5, 0.6) is 0 Å². The summed E-state index contributed by atoms with van der Waals surface area (Å²) in [5.41, 5.74) is 0.0279. The molecule has 2 rings (SSSR count). The van der Waals surface area contributed by atoms with E-state index in [9.17, 15) is 59.4 Å². The predicted octanol–water partition coefficient (Wildman–Crippen LogP) is 0.576. The molecule has 304 valence electrons. The minimum Gasteiger partial charge on any atom is -0.395 e. The lowest BCUT2D eigenvalue weighted by atomic mass is 10.1. The van der Waals surface area contributed by atoms with Crippen LogP contribution in [0.15, 0.2) is 0 Å². The molecule has 0 heterocycles. The highest BCUT2D eigenvalue weighted by Crippen LogP contribution is 2.38. The molecule has 6 amide bonds. The Hall–Kier alpha value is -0.600. The van der Waals surface area contributed by atoms with E-state index in [0.717, 1.165) is 9.80 Å². The van der Waals surface area contributed by atoms with Gasteiger partial charge in [-0.15, -0.1) is 0 Å².